The van der Waals surface area contributed by atoms with E-state index in [0.29, 0.717) is 16.7 Å². The number of hydrogen-bond donors (Lipinski definition) is 1. The molecule has 5 heteroatoms. The van der Waals surface area contributed by atoms with Gasteiger partial charge in [0.05, 0.1) is 10.9 Å². The normalized spacial score (nSPS) is 12.9. The average Bonchev–Trinajstić information content (AvgIpc) is 2.33. The summed E-state index contributed by atoms with van der Waals surface area (Å²) in [6.07, 6.45) is -0.317. The van der Waals surface area contributed by atoms with Gasteiger partial charge in [-0.05, 0) is 19.1 Å². The van der Waals surface area contributed by atoms with Crippen LogP contribution < -0.4 is 11.4 Å². The van der Waals surface area contributed by atoms with Crippen LogP contribution in [-0.4, -0.2) is 16.8 Å². The number of fused-ring (bicyclic) bond motifs is 1. The molecule has 1 aromatic carbocycles. The van der Waals surface area contributed by atoms with Gasteiger partial charge in [0.15, 0.2) is 5.82 Å². The Hall–Kier alpha value is -1.88. The van der Waals surface area contributed by atoms with E-state index in [2.05, 4.69) is 4.98 Å². The molecule has 1 atom stereocenters. The van der Waals surface area contributed by atoms with E-state index in [1.54, 1.807) is 32.2 Å². The highest BCUT2D eigenvalue weighted by Gasteiger charge is 2.13. The summed E-state index contributed by atoms with van der Waals surface area (Å²) in [6, 6.07) is 7.10. The minimum atomic E-state index is -0.317. The first kappa shape index (κ1) is 10.6. The maximum atomic E-state index is 11.9. The molecule has 0 spiro atoms. The Kier molecular flexibility index (Phi) is 2.62. The fraction of sp³-hybridized carbons (Fsp3) is 0.273. The molecule has 16 heavy (non-hydrogen) atoms. The number of methoxy groups -OCH3 is 1. The maximum absolute atomic E-state index is 11.9. The lowest BCUT2D eigenvalue weighted by atomic mass is 10.2. The first-order valence-corrected chi connectivity index (χ1v) is 4.94. The van der Waals surface area contributed by atoms with E-state index in [-0.39, 0.29) is 11.7 Å². The van der Waals surface area contributed by atoms with Crippen molar-refractivity contribution >= 4 is 10.9 Å². The molecule has 2 N–H and O–H groups in total. The number of nitrogens with zero attached hydrogens (tertiary/aromatic N) is 2. The molecule has 0 aliphatic carbocycles. The third kappa shape index (κ3) is 1.55. The quantitative estimate of drug-likeness (QED) is 0.759. The first-order chi connectivity index (χ1) is 7.65. The Labute approximate surface area is 92.4 Å². The first-order valence-electron chi connectivity index (χ1n) is 4.94. The summed E-state index contributed by atoms with van der Waals surface area (Å²) in [6.45, 7) is 1.79. The van der Waals surface area contributed by atoms with Crippen molar-refractivity contribution in [2.75, 3.05) is 13.0 Å². The highest BCUT2D eigenvalue weighted by atomic mass is 16.5. The molecule has 0 aliphatic heterocycles. The molecule has 0 amide bonds. The fourth-order valence-corrected chi connectivity index (χ4v) is 1.56. The zero-order valence-corrected chi connectivity index (χ0v) is 9.18. The van der Waals surface area contributed by atoms with Gasteiger partial charge in [0.1, 0.15) is 6.10 Å². The molecule has 0 saturated carbocycles. The molecular formula is C11H13N3O2. The minimum Gasteiger partial charge on any atom is -0.374 e. The number of rotatable bonds is 2. The van der Waals surface area contributed by atoms with Gasteiger partial charge in [-0.15, -0.1) is 0 Å². The Morgan fingerprint density at radius 2 is 2.12 bits per heavy atom. The van der Waals surface area contributed by atoms with Gasteiger partial charge in [0.2, 0.25) is 0 Å². The zero-order valence-electron chi connectivity index (χ0n) is 9.18. The van der Waals surface area contributed by atoms with Crippen molar-refractivity contribution in [1.29, 1.82) is 0 Å². The van der Waals surface area contributed by atoms with Gasteiger partial charge in [0.25, 0.3) is 5.56 Å². The van der Waals surface area contributed by atoms with Crippen LogP contribution in [0.4, 0.5) is 0 Å². The summed E-state index contributed by atoms with van der Waals surface area (Å²) < 4.78 is 6.16. The molecule has 0 unspecified atom stereocenters. The number of para-hydroxylation sites is 1. The van der Waals surface area contributed by atoms with Crippen molar-refractivity contribution in [3.05, 3.63) is 40.4 Å². The SMILES string of the molecule is CO[C@H](C)c1nc2ccccc2c(=O)n1N. The number of hydrogen-bond acceptors (Lipinski definition) is 4. The Morgan fingerprint density at radius 1 is 1.44 bits per heavy atom. The van der Waals surface area contributed by atoms with Gasteiger partial charge in [-0.2, -0.15) is 0 Å². The second-order valence-electron chi connectivity index (χ2n) is 3.54. The third-order valence-corrected chi connectivity index (χ3v) is 2.55. The predicted molar refractivity (Wildman–Crippen MR) is 61.6 cm³/mol. The number of benzene rings is 1. The van der Waals surface area contributed by atoms with Gasteiger partial charge in [-0.3, -0.25) is 4.79 Å². The Balaban J connectivity index is 2.79. The van der Waals surface area contributed by atoms with Gasteiger partial charge in [-0.1, -0.05) is 12.1 Å². The smallest absolute Gasteiger partial charge is 0.279 e. The van der Waals surface area contributed by atoms with Crippen molar-refractivity contribution < 1.29 is 4.74 Å². The summed E-state index contributed by atoms with van der Waals surface area (Å²) >= 11 is 0. The number of nitrogen functional groups attached to an aromatic ring is 1. The van der Waals surface area contributed by atoms with Crippen molar-refractivity contribution in [3.8, 4) is 0 Å². The fourth-order valence-electron chi connectivity index (χ4n) is 1.56. The third-order valence-electron chi connectivity index (χ3n) is 2.55. The molecule has 0 fully saturated rings. The molecule has 1 aromatic heterocycles. The van der Waals surface area contributed by atoms with E-state index in [4.69, 9.17) is 10.6 Å². The maximum Gasteiger partial charge on any atom is 0.279 e. The zero-order chi connectivity index (χ0) is 11.7. The van der Waals surface area contributed by atoms with Crippen molar-refractivity contribution in [2.24, 2.45) is 0 Å². The molecule has 0 aliphatic rings. The van der Waals surface area contributed by atoms with Crippen LogP contribution in [0.2, 0.25) is 0 Å². The van der Waals surface area contributed by atoms with Crippen LogP contribution in [0.1, 0.15) is 18.9 Å². The van der Waals surface area contributed by atoms with Crippen LogP contribution in [0.5, 0.6) is 0 Å². The van der Waals surface area contributed by atoms with Crippen LogP contribution in [0.3, 0.4) is 0 Å². The standard InChI is InChI=1S/C11H13N3O2/c1-7(16-2)10-13-9-6-4-3-5-8(9)11(15)14(10)12/h3-7H,12H2,1-2H3/t7-/m1/s1. The summed E-state index contributed by atoms with van der Waals surface area (Å²) in [5.41, 5.74) is 0.373. The lowest BCUT2D eigenvalue weighted by Crippen LogP contribution is -2.32. The largest absolute Gasteiger partial charge is 0.374 e. The summed E-state index contributed by atoms with van der Waals surface area (Å²) in [5.74, 6) is 6.11. The minimum absolute atomic E-state index is 0.260. The van der Waals surface area contributed by atoms with Crippen LogP contribution in [0.25, 0.3) is 10.9 Å². The molecule has 0 bridgehead atoms. The summed E-state index contributed by atoms with van der Waals surface area (Å²) in [5, 5.41) is 0.511. The highest BCUT2D eigenvalue weighted by molar-refractivity contribution is 5.77. The molecule has 2 aromatic rings. The molecule has 5 nitrogen and oxygen atoms in total. The number of ether oxygens (including phenoxy) is 1. The highest BCUT2D eigenvalue weighted by Crippen LogP contribution is 2.13. The second-order valence-corrected chi connectivity index (χ2v) is 3.54. The monoisotopic (exact) mass is 219 g/mol. The van der Waals surface area contributed by atoms with E-state index >= 15 is 0 Å². The Bertz CT molecular complexity index is 577. The van der Waals surface area contributed by atoms with Gasteiger partial charge in [0, 0.05) is 7.11 Å². The van der Waals surface area contributed by atoms with Gasteiger partial charge in [-0.25, -0.2) is 9.66 Å². The molecule has 84 valence electrons. The lowest BCUT2D eigenvalue weighted by molar-refractivity contribution is 0.109. The van der Waals surface area contributed by atoms with E-state index < -0.39 is 0 Å². The van der Waals surface area contributed by atoms with Crippen LogP contribution >= 0.6 is 0 Å². The van der Waals surface area contributed by atoms with E-state index in [1.165, 1.54) is 0 Å². The molecule has 1 heterocycles. The average molecular weight is 219 g/mol. The van der Waals surface area contributed by atoms with Crippen LogP contribution in [-0.2, 0) is 4.74 Å². The molecule has 0 radical (unpaired) electrons. The molecule has 0 saturated heterocycles. The van der Waals surface area contributed by atoms with Crippen molar-refractivity contribution in [1.82, 2.24) is 9.66 Å². The number of nitrogens with two attached hydrogens (primary N) is 1. The van der Waals surface area contributed by atoms with E-state index in [1.807, 2.05) is 6.07 Å². The summed E-state index contributed by atoms with van der Waals surface area (Å²) in [7, 11) is 1.55. The Morgan fingerprint density at radius 3 is 2.81 bits per heavy atom. The molecular weight excluding hydrogens is 206 g/mol. The van der Waals surface area contributed by atoms with Crippen molar-refractivity contribution in [2.45, 2.75) is 13.0 Å². The topological polar surface area (TPSA) is 70.1 Å². The summed E-state index contributed by atoms with van der Waals surface area (Å²) in [4.78, 5) is 16.2. The second kappa shape index (κ2) is 3.94. The van der Waals surface area contributed by atoms with E-state index in [0.717, 1.165) is 4.68 Å². The van der Waals surface area contributed by atoms with Gasteiger partial charge < -0.3 is 10.6 Å². The predicted octanol–water partition coefficient (Wildman–Crippen LogP) is 0.818. The molecule has 2 rings (SSSR count). The van der Waals surface area contributed by atoms with Crippen LogP contribution in [0.15, 0.2) is 29.1 Å². The van der Waals surface area contributed by atoms with Gasteiger partial charge >= 0.3 is 0 Å². The van der Waals surface area contributed by atoms with Crippen molar-refractivity contribution in [3.63, 3.8) is 0 Å². The van der Waals surface area contributed by atoms with E-state index in [9.17, 15) is 4.79 Å². The lowest BCUT2D eigenvalue weighted by Gasteiger charge is -2.13. The number of aromatic nitrogens is 2. The van der Waals surface area contributed by atoms with Crippen LogP contribution in [0, 0.1) is 0 Å².